The van der Waals surface area contributed by atoms with E-state index in [-0.39, 0.29) is 0 Å². The predicted molar refractivity (Wildman–Crippen MR) is 230 cm³/mol. The van der Waals surface area contributed by atoms with Crippen molar-refractivity contribution in [3.8, 4) is 0 Å². The van der Waals surface area contributed by atoms with Crippen molar-refractivity contribution in [3.63, 3.8) is 0 Å². The maximum absolute atomic E-state index is 6.26. The Kier molecular flexibility index (Phi) is 6.71. The molecule has 7 aromatic rings. The molecule has 256 valence electrons. The van der Waals surface area contributed by atoms with E-state index in [1.807, 2.05) is 11.8 Å². The minimum Gasteiger partial charge on any atom is -0.456 e. The molecule has 0 saturated carbocycles. The van der Waals surface area contributed by atoms with Crippen molar-refractivity contribution < 1.29 is 4.42 Å². The van der Waals surface area contributed by atoms with Crippen LogP contribution in [0.5, 0.6) is 0 Å². The molecule has 0 N–H and O–H groups in total. The van der Waals surface area contributed by atoms with Crippen molar-refractivity contribution >= 4 is 77.2 Å². The summed E-state index contributed by atoms with van der Waals surface area (Å²) in [4.78, 5) is 2.85. The third kappa shape index (κ3) is 4.60. The Labute approximate surface area is 318 Å². The molecule has 2 heterocycles. The van der Waals surface area contributed by atoms with Gasteiger partial charge in [-0.25, -0.2) is 0 Å². The second-order valence-electron chi connectivity index (χ2n) is 15.4. The third-order valence-electron chi connectivity index (χ3n) is 12.4. The van der Waals surface area contributed by atoms with Crippen molar-refractivity contribution in [2.75, 3.05) is 0 Å². The van der Waals surface area contributed by atoms with E-state index < -0.39 is 0 Å². The molecule has 0 fully saturated rings. The van der Waals surface area contributed by atoms with Crippen LogP contribution in [0, 0.1) is 5.92 Å². The van der Waals surface area contributed by atoms with Crippen LogP contribution < -0.4 is 0 Å². The zero-order chi connectivity index (χ0) is 35.3. The molecule has 2 unspecified atom stereocenters. The van der Waals surface area contributed by atoms with Crippen LogP contribution in [-0.2, 0) is 0 Å². The fraction of sp³-hybridized carbons (Fsp3) is 0.115. The first kappa shape index (κ1) is 30.6. The summed E-state index contributed by atoms with van der Waals surface area (Å²) in [5, 5.41) is 10.4. The molecule has 4 aliphatic carbocycles. The van der Waals surface area contributed by atoms with E-state index in [9.17, 15) is 0 Å². The molecule has 2 atom stereocenters. The van der Waals surface area contributed by atoms with Gasteiger partial charge >= 0.3 is 0 Å². The van der Waals surface area contributed by atoms with Crippen LogP contribution in [0.3, 0.4) is 0 Å². The van der Waals surface area contributed by atoms with Crippen molar-refractivity contribution in [2.24, 2.45) is 5.92 Å². The monoisotopic (exact) mass is 708 g/mol. The molecular formula is C52H36OS. The lowest BCUT2D eigenvalue weighted by Crippen LogP contribution is -2.10. The number of thioether (sulfide) groups is 1. The highest BCUT2D eigenvalue weighted by atomic mass is 32.2. The fourth-order valence-corrected chi connectivity index (χ4v) is 11.2. The molecule has 0 spiro atoms. The van der Waals surface area contributed by atoms with Crippen molar-refractivity contribution in [2.45, 2.75) is 36.5 Å². The van der Waals surface area contributed by atoms with E-state index in [1.54, 1.807) is 0 Å². The van der Waals surface area contributed by atoms with Gasteiger partial charge in [0.15, 0.2) is 0 Å². The second kappa shape index (κ2) is 11.8. The lowest BCUT2D eigenvalue weighted by atomic mass is 9.76. The van der Waals surface area contributed by atoms with E-state index in [4.69, 9.17) is 4.42 Å². The highest BCUT2D eigenvalue weighted by Crippen LogP contribution is 2.57. The van der Waals surface area contributed by atoms with Crippen LogP contribution in [0.25, 0.3) is 65.4 Å². The van der Waals surface area contributed by atoms with Crippen LogP contribution in [0.1, 0.15) is 48.3 Å². The van der Waals surface area contributed by atoms with Crippen molar-refractivity contribution in [1.82, 2.24) is 0 Å². The second-order valence-corrected chi connectivity index (χ2v) is 16.5. The molecule has 2 heteroatoms. The molecule has 1 aromatic heterocycles. The van der Waals surface area contributed by atoms with Gasteiger partial charge < -0.3 is 4.42 Å². The van der Waals surface area contributed by atoms with Gasteiger partial charge in [0.1, 0.15) is 11.2 Å². The quantitative estimate of drug-likeness (QED) is 0.170. The van der Waals surface area contributed by atoms with Gasteiger partial charge in [0.2, 0.25) is 0 Å². The minimum absolute atomic E-state index is 0.351. The first-order valence-electron chi connectivity index (χ1n) is 19.3. The summed E-state index contributed by atoms with van der Waals surface area (Å²) in [7, 11) is 0. The van der Waals surface area contributed by atoms with Crippen molar-refractivity contribution in [1.29, 1.82) is 0 Å². The minimum atomic E-state index is 0.351. The normalized spacial score (nSPS) is 20.4. The SMILES string of the molecule is C1=CCCC(C2=CC3=CC=C(c4c5ccccc5c(C5=CC=C6Sc7c(ccc8cc9oc%10ccccc%10c9cc78)C6C5)c5ccccc45)CC3C=C2)=C1. The number of hydrogen-bond acceptors (Lipinski definition) is 2. The van der Waals surface area contributed by atoms with Gasteiger partial charge in [0.25, 0.3) is 0 Å². The summed E-state index contributed by atoms with van der Waals surface area (Å²) in [5.74, 6) is 0.749. The largest absolute Gasteiger partial charge is 0.456 e. The van der Waals surface area contributed by atoms with Crippen LogP contribution in [0.15, 0.2) is 189 Å². The van der Waals surface area contributed by atoms with Crippen LogP contribution in [0.4, 0.5) is 0 Å². The van der Waals surface area contributed by atoms with E-state index in [0.717, 1.165) is 36.8 Å². The molecule has 54 heavy (non-hydrogen) atoms. The third-order valence-corrected chi connectivity index (χ3v) is 13.8. The summed E-state index contributed by atoms with van der Waals surface area (Å²) in [6.07, 6.45) is 27.9. The summed E-state index contributed by atoms with van der Waals surface area (Å²) in [5.41, 5.74) is 13.2. The zero-order valence-electron chi connectivity index (χ0n) is 29.8. The number of para-hydroxylation sites is 1. The molecule has 5 aliphatic rings. The van der Waals surface area contributed by atoms with E-state index in [2.05, 4.69) is 158 Å². The molecule has 12 rings (SSSR count). The maximum atomic E-state index is 6.26. The molecule has 1 nitrogen and oxygen atoms in total. The molecular weight excluding hydrogens is 673 g/mol. The van der Waals surface area contributed by atoms with Gasteiger partial charge in [0.05, 0.1) is 0 Å². The standard InChI is InChI=1S/C52H36OS/c1-2-10-31(11-3-1)32-18-19-34-27-36(21-20-33(34)26-32)50-39-13-4-6-15-41(39)51(42-16-7-5-14-40(42)50)37-23-25-49-46(28-37)43-24-22-35-29-48-45(30-44(35)52(43)54-49)38-12-8-9-17-47(38)53-48/h1-2,4-10,12-26,29-30,34,46H,3,11,27-28H2. The van der Waals surface area contributed by atoms with Crippen LogP contribution in [-0.4, -0.2) is 0 Å². The lowest BCUT2D eigenvalue weighted by Gasteiger charge is -2.28. The molecule has 6 aromatic carbocycles. The summed E-state index contributed by atoms with van der Waals surface area (Å²) in [6, 6.07) is 36.0. The van der Waals surface area contributed by atoms with Gasteiger partial charge in [0, 0.05) is 27.5 Å². The zero-order valence-corrected chi connectivity index (χ0v) is 30.6. The average molecular weight is 709 g/mol. The Bertz CT molecular complexity index is 3020. The van der Waals surface area contributed by atoms with Crippen molar-refractivity contribution in [3.05, 3.63) is 196 Å². The Morgan fingerprint density at radius 1 is 0.593 bits per heavy atom. The van der Waals surface area contributed by atoms with Crippen LogP contribution >= 0.6 is 11.8 Å². The summed E-state index contributed by atoms with van der Waals surface area (Å²) < 4.78 is 6.26. The topological polar surface area (TPSA) is 13.1 Å². The number of rotatable bonds is 3. The van der Waals surface area contributed by atoms with Gasteiger partial charge in [-0.2, -0.15) is 0 Å². The summed E-state index contributed by atoms with van der Waals surface area (Å²) in [6.45, 7) is 0. The highest BCUT2D eigenvalue weighted by Gasteiger charge is 2.34. The number of furan rings is 1. The Hall–Kier alpha value is -5.83. The molecule has 1 aliphatic heterocycles. The molecule has 0 bridgehead atoms. The van der Waals surface area contributed by atoms with E-state index >= 15 is 0 Å². The maximum Gasteiger partial charge on any atom is 0.136 e. The smallest absolute Gasteiger partial charge is 0.136 e. The Morgan fingerprint density at radius 2 is 1.31 bits per heavy atom. The highest BCUT2D eigenvalue weighted by molar-refractivity contribution is 8.03. The van der Waals surface area contributed by atoms with Crippen LogP contribution in [0.2, 0.25) is 0 Å². The Morgan fingerprint density at radius 3 is 2.07 bits per heavy atom. The molecule has 0 saturated heterocycles. The number of benzene rings is 6. The fourth-order valence-electron chi connectivity index (χ4n) is 9.85. The lowest BCUT2D eigenvalue weighted by molar-refractivity contribution is 0.669. The molecule has 0 radical (unpaired) electrons. The first-order valence-corrected chi connectivity index (χ1v) is 20.1. The number of fused-ring (bicyclic) bond motifs is 11. The average Bonchev–Trinajstić information content (AvgIpc) is 3.79. The predicted octanol–water partition coefficient (Wildman–Crippen LogP) is 14.7. The van der Waals surface area contributed by atoms with Gasteiger partial charge in [-0.05, 0) is 126 Å². The number of allylic oxidation sites excluding steroid dienone is 16. The van der Waals surface area contributed by atoms with Gasteiger partial charge in [-0.1, -0.05) is 151 Å². The first-order chi connectivity index (χ1) is 26.7. The van der Waals surface area contributed by atoms with Gasteiger partial charge in [-0.15, -0.1) is 0 Å². The van der Waals surface area contributed by atoms with Gasteiger partial charge in [-0.3, -0.25) is 0 Å². The summed E-state index contributed by atoms with van der Waals surface area (Å²) >= 11 is 1.97. The molecule has 0 amide bonds. The Balaban J connectivity index is 0.959. The van der Waals surface area contributed by atoms with E-state index in [0.29, 0.717) is 11.8 Å². The number of hydrogen-bond donors (Lipinski definition) is 0. The van der Waals surface area contributed by atoms with E-state index in [1.165, 1.54) is 97.4 Å².